The lowest BCUT2D eigenvalue weighted by molar-refractivity contribution is 0.388. The van der Waals surface area contributed by atoms with Crippen molar-refractivity contribution in [3.8, 4) is 0 Å². The number of aryl methyl sites for hydroxylation is 1. The van der Waals surface area contributed by atoms with Gasteiger partial charge in [0.2, 0.25) is 0 Å². The Bertz CT molecular complexity index is 279. The van der Waals surface area contributed by atoms with Gasteiger partial charge in [0, 0.05) is 17.1 Å². The number of hydrogen-bond donors (Lipinski definition) is 1. The van der Waals surface area contributed by atoms with Gasteiger partial charge < -0.3 is 5.32 Å². The van der Waals surface area contributed by atoms with Crippen molar-refractivity contribution in [3.63, 3.8) is 0 Å². The van der Waals surface area contributed by atoms with E-state index in [9.17, 15) is 0 Å². The van der Waals surface area contributed by atoms with Crippen LogP contribution in [0.4, 0.5) is 0 Å². The van der Waals surface area contributed by atoms with Gasteiger partial charge in [0.25, 0.3) is 0 Å². The maximum Gasteiger partial charge on any atom is 0.0897 e. The summed E-state index contributed by atoms with van der Waals surface area (Å²) in [6.07, 6.45) is 5.79. The molecular weight excluding hydrogens is 204 g/mol. The van der Waals surface area contributed by atoms with E-state index in [1.54, 1.807) is 0 Å². The molecule has 0 fully saturated rings. The van der Waals surface area contributed by atoms with Crippen LogP contribution in [0.1, 0.15) is 49.0 Å². The molecule has 2 nitrogen and oxygen atoms in total. The molecule has 0 amide bonds. The van der Waals surface area contributed by atoms with Gasteiger partial charge in [0.15, 0.2) is 0 Å². The normalized spacial score (nSPS) is 13.4. The molecule has 15 heavy (non-hydrogen) atoms. The summed E-state index contributed by atoms with van der Waals surface area (Å²) >= 11 is 1.81. The molecule has 1 aromatic heterocycles. The third kappa shape index (κ3) is 3.58. The minimum atomic E-state index is 0.487. The Kier molecular flexibility index (Phi) is 5.26. The highest BCUT2D eigenvalue weighted by Gasteiger charge is 2.16. The molecular formula is C12H22N2S. The molecule has 86 valence electrons. The Morgan fingerprint density at radius 3 is 2.47 bits per heavy atom. The summed E-state index contributed by atoms with van der Waals surface area (Å²) in [7, 11) is 2.04. The molecule has 1 rings (SSSR count). The minimum Gasteiger partial charge on any atom is -0.312 e. The Hall–Kier alpha value is -0.410. The summed E-state index contributed by atoms with van der Waals surface area (Å²) < 4.78 is 0. The van der Waals surface area contributed by atoms with Crippen LogP contribution in [0.15, 0.2) is 6.20 Å². The van der Waals surface area contributed by atoms with Crippen molar-refractivity contribution < 1.29 is 0 Å². The molecule has 0 saturated heterocycles. The summed E-state index contributed by atoms with van der Waals surface area (Å²) in [6.45, 7) is 6.62. The van der Waals surface area contributed by atoms with Crippen LogP contribution in [0.5, 0.6) is 0 Å². The van der Waals surface area contributed by atoms with E-state index in [1.807, 2.05) is 24.6 Å². The predicted octanol–water partition coefficient (Wildman–Crippen LogP) is 3.54. The molecule has 0 radical (unpaired) electrons. The van der Waals surface area contributed by atoms with E-state index in [0.717, 1.165) is 10.9 Å². The smallest absolute Gasteiger partial charge is 0.0897 e. The van der Waals surface area contributed by atoms with Gasteiger partial charge in [-0.05, 0) is 26.3 Å². The third-order valence-corrected chi connectivity index (χ3v) is 4.08. The molecule has 0 spiro atoms. The van der Waals surface area contributed by atoms with Crippen LogP contribution >= 0.6 is 11.3 Å². The quantitative estimate of drug-likeness (QED) is 0.802. The summed E-state index contributed by atoms with van der Waals surface area (Å²) in [5.41, 5.74) is 0. The van der Waals surface area contributed by atoms with E-state index in [0.29, 0.717) is 6.04 Å². The lowest BCUT2D eigenvalue weighted by atomic mass is 9.94. The first-order valence-electron chi connectivity index (χ1n) is 5.80. The van der Waals surface area contributed by atoms with Crippen LogP contribution in [0.25, 0.3) is 0 Å². The molecule has 1 heterocycles. The van der Waals surface area contributed by atoms with Crippen LogP contribution in [0.2, 0.25) is 0 Å². The van der Waals surface area contributed by atoms with Gasteiger partial charge in [-0.3, -0.25) is 0 Å². The van der Waals surface area contributed by atoms with Crippen molar-refractivity contribution in [2.75, 3.05) is 7.05 Å². The second-order valence-corrected chi connectivity index (χ2v) is 5.31. The fourth-order valence-electron chi connectivity index (χ4n) is 1.87. The minimum absolute atomic E-state index is 0.487. The van der Waals surface area contributed by atoms with Crippen LogP contribution in [-0.2, 0) is 0 Å². The fraction of sp³-hybridized carbons (Fsp3) is 0.750. The predicted molar refractivity (Wildman–Crippen MR) is 67.3 cm³/mol. The first kappa shape index (κ1) is 12.7. The topological polar surface area (TPSA) is 24.9 Å². The van der Waals surface area contributed by atoms with Gasteiger partial charge in [-0.25, -0.2) is 4.98 Å². The van der Waals surface area contributed by atoms with E-state index in [-0.39, 0.29) is 0 Å². The van der Waals surface area contributed by atoms with Gasteiger partial charge in [0.05, 0.1) is 5.01 Å². The fourth-order valence-corrected chi connectivity index (χ4v) is 2.78. The molecule has 1 atom stereocenters. The number of aromatic nitrogens is 1. The van der Waals surface area contributed by atoms with Crippen molar-refractivity contribution in [3.05, 3.63) is 16.1 Å². The number of nitrogens with one attached hydrogen (secondary N) is 1. The van der Waals surface area contributed by atoms with Gasteiger partial charge in [0.1, 0.15) is 0 Å². The lowest BCUT2D eigenvalue weighted by Gasteiger charge is -2.20. The zero-order valence-corrected chi connectivity index (χ0v) is 11.0. The van der Waals surface area contributed by atoms with Crippen molar-refractivity contribution in [2.45, 2.75) is 46.1 Å². The molecule has 0 aromatic carbocycles. The Morgan fingerprint density at radius 2 is 2.07 bits per heavy atom. The maximum atomic E-state index is 4.32. The third-order valence-electron chi connectivity index (χ3n) is 3.05. The number of thiazole rings is 1. The van der Waals surface area contributed by atoms with Crippen molar-refractivity contribution in [2.24, 2.45) is 5.92 Å². The molecule has 0 saturated carbocycles. The maximum absolute atomic E-state index is 4.32. The van der Waals surface area contributed by atoms with E-state index in [1.165, 1.54) is 24.1 Å². The van der Waals surface area contributed by atoms with E-state index < -0.39 is 0 Å². The lowest BCUT2D eigenvalue weighted by Crippen LogP contribution is -2.18. The highest BCUT2D eigenvalue weighted by atomic mass is 32.1. The molecule has 0 aliphatic carbocycles. The first-order chi connectivity index (χ1) is 7.21. The Morgan fingerprint density at radius 1 is 1.40 bits per heavy atom. The van der Waals surface area contributed by atoms with Crippen molar-refractivity contribution in [1.82, 2.24) is 10.3 Å². The monoisotopic (exact) mass is 226 g/mol. The standard InChI is InChI=1S/C12H22N2S/c1-5-10(6-2)7-11(13-4)12-8-14-9(3)15-12/h8,10-11,13H,5-7H2,1-4H3. The van der Waals surface area contributed by atoms with Crippen molar-refractivity contribution in [1.29, 1.82) is 0 Å². The molecule has 1 aromatic rings. The van der Waals surface area contributed by atoms with Crippen LogP contribution in [-0.4, -0.2) is 12.0 Å². The van der Waals surface area contributed by atoms with Crippen molar-refractivity contribution >= 4 is 11.3 Å². The molecule has 1 N–H and O–H groups in total. The zero-order chi connectivity index (χ0) is 11.3. The number of nitrogens with zero attached hydrogens (tertiary/aromatic N) is 1. The molecule has 0 aliphatic rings. The molecule has 3 heteroatoms. The molecule has 0 bridgehead atoms. The molecule has 1 unspecified atom stereocenters. The van der Waals surface area contributed by atoms with Gasteiger partial charge in [-0.1, -0.05) is 26.7 Å². The number of hydrogen-bond acceptors (Lipinski definition) is 3. The largest absolute Gasteiger partial charge is 0.312 e. The SMILES string of the molecule is CCC(CC)CC(NC)c1cnc(C)s1. The van der Waals surface area contributed by atoms with Gasteiger partial charge >= 0.3 is 0 Å². The summed E-state index contributed by atoms with van der Waals surface area (Å²) in [5, 5.41) is 4.56. The van der Waals surface area contributed by atoms with Gasteiger partial charge in [-0.2, -0.15) is 0 Å². The van der Waals surface area contributed by atoms with E-state index in [2.05, 4.69) is 31.1 Å². The van der Waals surface area contributed by atoms with E-state index in [4.69, 9.17) is 0 Å². The summed E-state index contributed by atoms with van der Waals surface area (Å²) in [4.78, 5) is 5.70. The highest BCUT2D eigenvalue weighted by molar-refractivity contribution is 7.11. The second kappa shape index (κ2) is 6.23. The second-order valence-electron chi connectivity index (χ2n) is 4.04. The highest BCUT2D eigenvalue weighted by Crippen LogP contribution is 2.28. The van der Waals surface area contributed by atoms with Gasteiger partial charge in [-0.15, -0.1) is 11.3 Å². The van der Waals surface area contributed by atoms with Crippen LogP contribution in [0, 0.1) is 12.8 Å². The summed E-state index contributed by atoms with van der Waals surface area (Å²) in [6, 6.07) is 0.487. The molecule has 0 aliphatic heterocycles. The Balaban J connectivity index is 2.63. The zero-order valence-electron chi connectivity index (χ0n) is 10.2. The van der Waals surface area contributed by atoms with E-state index >= 15 is 0 Å². The summed E-state index contributed by atoms with van der Waals surface area (Å²) in [5.74, 6) is 0.824. The Labute approximate surface area is 97.1 Å². The van der Waals surface area contributed by atoms with Crippen LogP contribution < -0.4 is 5.32 Å². The average Bonchev–Trinajstić information content (AvgIpc) is 2.67. The van der Waals surface area contributed by atoms with Crippen LogP contribution in [0.3, 0.4) is 0 Å². The number of rotatable bonds is 6. The first-order valence-corrected chi connectivity index (χ1v) is 6.62. The average molecular weight is 226 g/mol.